The Bertz CT molecular complexity index is 393. The Morgan fingerprint density at radius 3 is 2.88 bits per heavy atom. The Balaban J connectivity index is 1.98. The third-order valence-electron chi connectivity index (χ3n) is 2.94. The van der Waals surface area contributed by atoms with E-state index in [2.05, 4.69) is 15.4 Å². The summed E-state index contributed by atoms with van der Waals surface area (Å²) in [5.41, 5.74) is 0. The maximum atomic E-state index is 12.1. The number of aryl methyl sites for hydroxylation is 2. The fraction of sp³-hybridized carbons (Fsp3) is 0.727. The number of nitrogens with one attached hydrogen (secondary N) is 1. The van der Waals surface area contributed by atoms with Crippen LogP contribution in [-0.2, 0) is 11.3 Å². The maximum absolute atomic E-state index is 12.1. The summed E-state index contributed by atoms with van der Waals surface area (Å²) in [6.07, 6.45) is 1.01. The van der Waals surface area contributed by atoms with Crippen molar-refractivity contribution >= 4 is 5.91 Å². The van der Waals surface area contributed by atoms with Crippen LogP contribution in [0.1, 0.15) is 18.1 Å². The van der Waals surface area contributed by atoms with Crippen molar-refractivity contribution in [3.8, 4) is 0 Å². The van der Waals surface area contributed by atoms with Crippen LogP contribution in [0.15, 0.2) is 0 Å². The van der Waals surface area contributed by atoms with Crippen molar-refractivity contribution in [2.24, 2.45) is 0 Å². The Labute approximate surface area is 101 Å². The van der Waals surface area contributed by atoms with Gasteiger partial charge in [0.2, 0.25) is 5.91 Å². The third-order valence-corrected chi connectivity index (χ3v) is 2.94. The molecule has 1 aromatic rings. The minimum Gasteiger partial charge on any atom is -0.340 e. The number of hydrogen-bond acceptors (Lipinski definition) is 4. The van der Waals surface area contributed by atoms with Gasteiger partial charge in [-0.2, -0.15) is 5.10 Å². The molecule has 2 rings (SSSR count). The van der Waals surface area contributed by atoms with Crippen LogP contribution in [0.3, 0.4) is 0 Å². The first kappa shape index (κ1) is 12.0. The summed E-state index contributed by atoms with van der Waals surface area (Å²) in [6, 6.07) is 0. The lowest BCUT2D eigenvalue weighted by Gasteiger charge is -2.19. The second-order valence-corrected chi connectivity index (χ2v) is 4.35. The summed E-state index contributed by atoms with van der Waals surface area (Å²) in [4.78, 5) is 18.2. The molecule has 6 heteroatoms. The lowest BCUT2D eigenvalue weighted by Crippen LogP contribution is -2.36. The van der Waals surface area contributed by atoms with E-state index in [0.717, 1.165) is 38.4 Å². The van der Waals surface area contributed by atoms with Crippen molar-refractivity contribution in [3.05, 3.63) is 11.6 Å². The molecule has 0 aromatic carbocycles. The van der Waals surface area contributed by atoms with E-state index < -0.39 is 0 Å². The SMILES string of the molecule is Cc1nc(C)n(CC(=O)N2CCCNCC2)n1. The van der Waals surface area contributed by atoms with E-state index in [1.54, 1.807) is 4.68 Å². The average molecular weight is 237 g/mol. The number of nitrogens with zero attached hydrogens (tertiary/aromatic N) is 4. The van der Waals surface area contributed by atoms with Crippen molar-refractivity contribution in [1.29, 1.82) is 0 Å². The molecule has 0 saturated carbocycles. The highest BCUT2D eigenvalue weighted by atomic mass is 16.2. The summed E-state index contributed by atoms with van der Waals surface area (Å²) in [7, 11) is 0. The van der Waals surface area contributed by atoms with Crippen LogP contribution in [0.4, 0.5) is 0 Å². The lowest BCUT2D eigenvalue weighted by molar-refractivity contribution is -0.131. The largest absolute Gasteiger partial charge is 0.340 e. The van der Waals surface area contributed by atoms with Gasteiger partial charge >= 0.3 is 0 Å². The van der Waals surface area contributed by atoms with E-state index >= 15 is 0 Å². The molecule has 0 radical (unpaired) electrons. The minimum atomic E-state index is 0.127. The van der Waals surface area contributed by atoms with Crippen LogP contribution in [-0.4, -0.2) is 51.8 Å². The molecule has 1 aliphatic heterocycles. The summed E-state index contributed by atoms with van der Waals surface area (Å²) >= 11 is 0. The van der Waals surface area contributed by atoms with Gasteiger partial charge in [-0.3, -0.25) is 4.79 Å². The number of carbonyl (C=O) groups excluding carboxylic acids is 1. The first-order chi connectivity index (χ1) is 8.16. The molecule has 2 heterocycles. The monoisotopic (exact) mass is 237 g/mol. The van der Waals surface area contributed by atoms with Gasteiger partial charge in [0.05, 0.1) is 0 Å². The molecule has 1 amide bonds. The summed E-state index contributed by atoms with van der Waals surface area (Å²) in [5, 5.41) is 7.49. The van der Waals surface area contributed by atoms with Gasteiger partial charge in [-0.15, -0.1) is 0 Å². The summed E-state index contributed by atoms with van der Waals surface area (Å²) < 4.78 is 1.68. The third kappa shape index (κ3) is 3.03. The Morgan fingerprint density at radius 2 is 2.18 bits per heavy atom. The van der Waals surface area contributed by atoms with Gasteiger partial charge < -0.3 is 10.2 Å². The zero-order valence-electron chi connectivity index (χ0n) is 10.4. The van der Waals surface area contributed by atoms with Gasteiger partial charge in [-0.25, -0.2) is 9.67 Å². The summed E-state index contributed by atoms with van der Waals surface area (Å²) in [6.45, 7) is 7.49. The first-order valence-electron chi connectivity index (χ1n) is 6.03. The van der Waals surface area contributed by atoms with E-state index in [-0.39, 0.29) is 5.91 Å². The molecule has 0 aliphatic carbocycles. The molecule has 1 fully saturated rings. The van der Waals surface area contributed by atoms with Crippen LogP contribution in [0.5, 0.6) is 0 Å². The molecular weight excluding hydrogens is 218 g/mol. The van der Waals surface area contributed by atoms with Crippen molar-refractivity contribution < 1.29 is 4.79 Å². The molecule has 17 heavy (non-hydrogen) atoms. The van der Waals surface area contributed by atoms with Crippen molar-refractivity contribution in [2.75, 3.05) is 26.2 Å². The van der Waals surface area contributed by atoms with Gasteiger partial charge in [-0.1, -0.05) is 0 Å². The van der Waals surface area contributed by atoms with Crippen LogP contribution < -0.4 is 5.32 Å². The Kier molecular flexibility index (Phi) is 3.73. The quantitative estimate of drug-likeness (QED) is 0.768. The zero-order valence-corrected chi connectivity index (χ0v) is 10.4. The van der Waals surface area contributed by atoms with E-state index in [4.69, 9.17) is 0 Å². The highest BCUT2D eigenvalue weighted by molar-refractivity contribution is 5.76. The second kappa shape index (κ2) is 5.27. The molecule has 0 bridgehead atoms. The Hall–Kier alpha value is -1.43. The van der Waals surface area contributed by atoms with Crippen molar-refractivity contribution in [1.82, 2.24) is 25.0 Å². The van der Waals surface area contributed by atoms with Gasteiger partial charge in [0, 0.05) is 19.6 Å². The number of amides is 1. The fourth-order valence-corrected chi connectivity index (χ4v) is 2.03. The van der Waals surface area contributed by atoms with Crippen LogP contribution in [0, 0.1) is 13.8 Å². The number of rotatable bonds is 2. The number of hydrogen-bond donors (Lipinski definition) is 1. The molecular formula is C11H19N5O. The van der Waals surface area contributed by atoms with Crippen molar-refractivity contribution in [2.45, 2.75) is 26.8 Å². The molecule has 1 aromatic heterocycles. The predicted octanol–water partition coefficient (Wildman–Crippen LogP) is -0.283. The molecule has 1 aliphatic rings. The molecule has 1 saturated heterocycles. The van der Waals surface area contributed by atoms with Gasteiger partial charge in [0.15, 0.2) is 0 Å². The average Bonchev–Trinajstić information content (AvgIpc) is 2.54. The predicted molar refractivity (Wildman–Crippen MR) is 63.6 cm³/mol. The standard InChI is InChI=1S/C11H19N5O/c1-9-13-10(2)16(14-9)8-11(17)15-6-3-4-12-5-7-15/h12H,3-8H2,1-2H3. The Morgan fingerprint density at radius 1 is 1.35 bits per heavy atom. The normalized spacial score (nSPS) is 16.9. The topological polar surface area (TPSA) is 63.1 Å². The van der Waals surface area contributed by atoms with E-state index in [9.17, 15) is 4.79 Å². The maximum Gasteiger partial charge on any atom is 0.244 e. The van der Waals surface area contributed by atoms with E-state index in [0.29, 0.717) is 12.4 Å². The van der Waals surface area contributed by atoms with E-state index in [1.807, 2.05) is 18.7 Å². The molecule has 0 atom stereocenters. The molecule has 0 spiro atoms. The smallest absolute Gasteiger partial charge is 0.244 e. The van der Waals surface area contributed by atoms with Gasteiger partial charge in [-0.05, 0) is 26.8 Å². The molecule has 1 N–H and O–H groups in total. The fourth-order valence-electron chi connectivity index (χ4n) is 2.03. The van der Waals surface area contributed by atoms with Crippen molar-refractivity contribution in [3.63, 3.8) is 0 Å². The van der Waals surface area contributed by atoms with Gasteiger partial charge in [0.25, 0.3) is 0 Å². The first-order valence-corrected chi connectivity index (χ1v) is 6.03. The minimum absolute atomic E-state index is 0.127. The highest BCUT2D eigenvalue weighted by Gasteiger charge is 2.16. The number of aromatic nitrogens is 3. The second-order valence-electron chi connectivity index (χ2n) is 4.35. The van der Waals surface area contributed by atoms with E-state index in [1.165, 1.54) is 0 Å². The highest BCUT2D eigenvalue weighted by Crippen LogP contribution is 2.01. The molecule has 94 valence electrons. The van der Waals surface area contributed by atoms with Crippen LogP contribution in [0.25, 0.3) is 0 Å². The van der Waals surface area contributed by atoms with Gasteiger partial charge in [0.1, 0.15) is 18.2 Å². The molecule has 6 nitrogen and oxygen atoms in total. The van der Waals surface area contributed by atoms with Crippen LogP contribution >= 0.6 is 0 Å². The number of carbonyl (C=O) groups is 1. The zero-order chi connectivity index (χ0) is 12.3. The lowest BCUT2D eigenvalue weighted by atomic mass is 10.4. The van der Waals surface area contributed by atoms with Crippen LogP contribution in [0.2, 0.25) is 0 Å². The summed E-state index contributed by atoms with van der Waals surface area (Å²) in [5.74, 6) is 1.64. The molecule has 0 unspecified atom stereocenters.